The van der Waals surface area contributed by atoms with E-state index in [9.17, 15) is 4.79 Å². The average Bonchev–Trinajstić information content (AvgIpc) is 2.33. The number of nitrogens with zero attached hydrogens (tertiary/aromatic N) is 4. The molecule has 2 aromatic rings. The van der Waals surface area contributed by atoms with E-state index in [2.05, 4.69) is 10.1 Å². The molecule has 0 aliphatic heterocycles. The highest BCUT2D eigenvalue weighted by atomic mass is 16.1. The molecule has 0 amide bonds. The van der Waals surface area contributed by atoms with E-state index < -0.39 is 0 Å². The zero-order valence-corrected chi connectivity index (χ0v) is 8.58. The number of nitriles is 1. The molecule has 16 heavy (non-hydrogen) atoms. The maximum Gasteiger partial charge on any atom is 0.267 e. The lowest BCUT2D eigenvalue weighted by Crippen LogP contribution is -2.20. The first-order valence-corrected chi connectivity index (χ1v) is 4.62. The van der Waals surface area contributed by atoms with E-state index in [-0.39, 0.29) is 11.1 Å². The van der Waals surface area contributed by atoms with Gasteiger partial charge in [0.2, 0.25) is 0 Å². The molecule has 0 fully saturated rings. The monoisotopic (exact) mass is 212 g/mol. The molecule has 0 saturated carbocycles. The third-order valence-corrected chi connectivity index (χ3v) is 2.12. The second kappa shape index (κ2) is 3.95. The van der Waals surface area contributed by atoms with Crippen LogP contribution in [0.4, 0.5) is 0 Å². The minimum Gasteiger partial charge on any atom is -0.268 e. The van der Waals surface area contributed by atoms with Gasteiger partial charge in [-0.1, -0.05) is 6.07 Å². The first kappa shape index (κ1) is 10.1. The van der Waals surface area contributed by atoms with Crippen molar-refractivity contribution in [2.75, 3.05) is 0 Å². The number of aromatic nitrogens is 3. The summed E-state index contributed by atoms with van der Waals surface area (Å²) in [5.41, 5.74) is 0.929. The molecule has 0 aliphatic carbocycles. The largest absolute Gasteiger partial charge is 0.268 e. The zero-order chi connectivity index (χ0) is 11.5. The number of hydrogen-bond donors (Lipinski definition) is 0. The maximum absolute atomic E-state index is 11.3. The third-order valence-electron chi connectivity index (χ3n) is 2.12. The highest BCUT2D eigenvalue weighted by Crippen LogP contribution is 2.15. The van der Waals surface area contributed by atoms with Crippen molar-refractivity contribution >= 4 is 0 Å². The van der Waals surface area contributed by atoms with Crippen LogP contribution in [0.15, 0.2) is 35.3 Å². The summed E-state index contributed by atoms with van der Waals surface area (Å²) in [6.45, 7) is 0. The molecule has 0 saturated heterocycles. The molecule has 0 bridgehead atoms. The molecule has 0 aromatic carbocycles. The Labute approximate surface area is 91.6 Å². The second-order valence-electron chi connectivity index (χ2n) is 3.20. The van der Waals surface area contributed by atoms with Gasteiger partial charge in [-0.2, -0.15) is 10.4 Å². The van der Waals surface area contributed by atoms with Crippen LogP contribution in [0.25, 0.3) is 11.4 Å². The maximum atomic E-state index is 11.3. The first-order valence-electron chi connectivity index (χ1n) is 4.62. The van der Waals surface area contributed by atoms with E-state index >= 15 is 0 Å². The van der Waals surface area contributed by atoms with Gasteiger partial charge in [0.25, 0.3) is 5.56 Å². The number of aryl methyl sites for hydroxylation is 1. The molecule has 0 spiro atoms. The summed E-state index contributed by atoms with van der Waals surface area (Å²) in [6, 6.07) is 8.53. The van der Waals surface area contributed by atoms with Gasteiger partial charge in [-0.3, -0.25) is 9.78 Å². The van der Waals surface area contributed by atoms with Crippen LogP contribution in [0.3, 0.4) is 0 Å². The quantitative estimate of drug-likeness (QED) is 0.698. The van der Waals surface area contributed by atoms with Crippen LogP contribution in [0.5, 0.6) is 0 Å². The van der Waals surface area contributed by atoms with Crippen LogP contribution in [0.2, 0.25) is 0 Å². The Bertz CT molecular complexity index is 610. The molecule has 0 aliphatic rings. The zero-order valence-electron chi connectivity index (χ0n) is 8.58. The fourth-order valence-electron chi connectivity index (χ4n) is 1.32. The smallest absolute Gasteiger partial charge is 0.267 e. The van der Waals surface area contributed by atoms with Crippen LogP contribution in [0.1, 0.15) is 5.56 Å². The molecule has 2 heterocycles. The molecule has 0 radical (unpaired) electrons. The Kier molecular flexibility index (Phi) is 2.48. The van der Waals surface area contributed by atoms with Gasteiger partial charge in [0.05, 0.1) is 11.3 Å². The molecule has 0 atom stereocenters. The Morgan fingerprint density at radius 2 is 2.25 bits per heavy atom. The van der Waals surface area contributed by atoms with E-state index in [1.165, 1.54) is 17.8 Å². The summed E-state index contributed by atoms with van der Waals surface area (Å²) < 4.78 is 1.19. The molecule has 0 N–H and O–H groups in total. The summed E-state index contributed by atoms with van der Waals surface area (Å²) in [4.78, 5) is 15.4. The Morgan fingerprint density at radius 3 is 2.88 bits per heavy atom. The number of hydrogen-bond acceptors (Lipinski definition) is 4. The minimum atomic E-state index is -0.309. The normalized spacial score (nSPS) is 9.75. The van der Waals surface area contributed by atoms with Crippen LogP contribution in [-0.2, 0) is 7.05 Å². The van der Waals surface area contributed by atoms with Crippen molar-refractivity contribution in [2.45, 2.75) is 0 Å². The van der Waals surface area contributed by atoms with Gasteiger partial charge in [-0.05, 0) is 12.1 Å². The topological polar surface area (TPSA) is 71.6 Å². The van der Waals surface area contributed by atoms with Gasteiger partial charge in [-0.15, -0.1) is 0 Å². The van der Waals surface area contributed by atoms with Gasteiger partial charge in [0.1, 0.15) is 11.8 Å². The molecule has 0 unspecified atom stereocenters. The summed E-state index contributed by atoms with van der Waals surface area (Å²) in [5.74, 6) is 0. The van der Waals surface area contributed by atoms with Crippen molar-refractivity contribution in [3.8, 4) is 17.5 Å². The van der Waals surface area contributed by atoms with Crippen LogP contribution >= 0.6 is 0 Å². The Morgan fingerprint density at radius 1 is 1.44 bits per heavy atom. The lowest BCUT2D eigenvalue weighted by atomic mass is 10.1. The van der Waals surface area contributed by atoms with Gasteiger partial charge in [0.15, 0.2) is 0 Å². The van der Waals surface area contributed by atoms with Crippen molar-refractivity contribution in [1.29, 1.82) is 5.26 Å². The summed E-state index contributed by atoms with van der Waals surface area (Å²) in [6.07, 6.45) is 1.61. The standard InChI is InChI=1S/C11H8N4O/c1-15-10(16)6-8(7-12)11(14-15)9-4-2-3-5-13-9/h2-6H,1H3. The average molecular weight is 212 g/mol. The summed E-state index contributed by atoms with van der Waals surface area (Å²) >= 11 is 0. The van der Waals surface area contributed by atoms with E-state index in [0.717, 1.165) is 0 Å². The minimum absolute atomic E-state index is 0.238. The first-order chi connectivity index (χ1) is 7.72. The second-order valence-corrected chi connectivity index (χ2v) is 3.20. The summed E-state index contributed by atoms with van der Waals surface area (Å²) in [5, 5.41) is 13.0. The van der Waals surface area contributed by atoms with Gasteiger partial charge < -0.3 is 0 Å². The Hall–Kier alpha value is -2.48. The lowest BCUT2D eigenvalue weighted by Gasteiger charge is -2.03. The third kappa shape index (κ3) is 1.68. The van der Waals surface area contributed by atoms with Crippen LogP contribution in [0, 0.1) is 11.3 Å². The van der Waals surface area contributed by atoms with Crippen molar-refractivity contribution in [3.05, 3.63) is 46.4 Å². The molecule has 2 aromatic heterocycles. The van der Waals surface area contributed by atoms with Crippen molar-refractivity contribution in [3.63, 3.8) is 0 Å². The van der Waals surface area contributed by atoms with Gasteiger partial charge >= 0.3 is 0 Å². The molecule has 5 nitrogen and oxygen atoms in total. The van der Waals surface area contributed by atoms with Crippen molar-refractivity contribution < 1.29 is 0 Å². The van der Waals surface area contributed by atoms with Crippen LogP contribution < -0.4 is 5.56 Å². The van der Waals surface area contributed by atoms with Gasteiger partial charge in [-0.25, -0.2) is 4.68 Å². The molecular weight excluding hydrogens is 204 g/mol. The van der Waals surface area contributed by atoms with Gasteiger partial charge in [0, 0.05) is 19.3 Å². The van der Waals surface area contributed by atoms with E-state index in [4.69, 9.17) is 5.26 Å². The number of pyridine rings is 1. The van der Waals surface area contributed by atoms with Crippen LogP contribution in [-0.4, -0.2) is 14.8 Å². The molecule has 78 valence electrons. The van der Waals surface area contributed by atoms with Crippen molar-refractivity contribution in [1.82, 2.24) is 14.8 Å². The fraction of sp³-hybridized carbons (Fsp3) is 0.0909. The predicted octanol–water partition coefficient (Wildman–Crippen LogP) is 0.714. The highest BCUT2D eigenvalue weighted by Gasteiger charge is 2.09. The predicted molar refractivity (Wildman–Crippen MR) is 57.4 cm³/mol. The lowest BCUT2D eigenvalue weighted by molar-refractivity contribution is 0.709. The molecule has 5 heteroatoms. The van der Waals surface area contributed by atoms with E-state index in [0.29, 0.717) is 11.4 Å². The fourth-order valence-corrected chi connectivity index (χ4v) is 1.32. The SMILES string of the molecule is Cn1nc(-c2ccccn2)c(C#N)cc1=O. The van der Waals surface area contributed by atoms with Crippen molar-refractivity contribution in [2.24, 2.45) is 7.05 Å². The van der Waals surface area contributed by atoms with E-state index in [1.54, 1.807) is 24.4 Å². The number of rotatable bonds is 1. The highest BCUT2D eigenvalue weighted by molar-refractivity contribution is 5.61. The van der Waals surface area contributed by atoms with E-state index in [1.807, 2.05) is 6.07 Å². The molecule has 2 rings (SSSR count). The Balaban J connectivity index is 2.71. The summed E-state index contributed by atoms with van der Waals surface area (Å²) in [7, 11) is 1.54. The molecular formula is C11H8N4O.